The van der Waals surface area contributed by atoms with Gasteiger partial charge in [-0.25, -0.2) is 4.79 Å². The number of aliphatic hydroxyl groups is 1. The Labute approximate surface area is 315 Å². The van der Waals surface area contributed by atoms with Gasteiger partial charge in [-0.3, -0.25) is 4.90 Å². The number of rotatable bonds is 8. The molecule has 8 rings (SSSR count). The highest BCUT2D eigenvalue weighted by atomic mass is 16.7. The summed E-state index contributed by atoms with van der Waals surface area (Å²) < 4.78 is 26.0. The van der Waals surface area contributed by atoms with Crippen molar-refractivity contribution in [3.63, 3.8) is 0 Å². The Balaban J connectivity index is 0.959. The summed E-state index contributed by atoms with van der Waals surface area (Å²) in [6.07, 6.45) is 17.1. The molecule has 3 N–H and O–H groups in total. The van der Waals surface area contributed by atoms with Crippen LogP contribution >= 0.6 is 0 Å². The monoisotopic (exact) mass is 727 g/mol. The van der Waals surface area contributed by atoms with Crippen LogP contribution in [0.5, 0.6) is 0 Å². The lowest BCUT2D eigenvalue weighted by atomic mass is 9.41. The van der Waals surface area contributed by atoms with Crippen LogP contribution < -0.4 is 5.73 Å². The number of hydrogen-bond acceptors (Lipinski definition) is 7. The molecule has 2 aliphatic heterocycles. The summed E-state index contributed by atoms with van der Waals surface area (Å²) in [7, 11) is 0. The molecule has 14 unspecified atom stereocenters. The molecule has 1 amide bonds. The second kappa shape index (κ2) is 13.6. The highest BCUT2D eigenvalue weighted by molar-refractivity contribution is 5.64. The number of morpholine rings is 1. The summed E-state index contributed by atoms with van der Waals surface area (Å²) in [4.78, 5) is 14.5. The molecule has 52 heavy (non-hydrogen) atoms. The van der Waals surface area contributed by atoms with Gasteiger partial charge in [-0.2, -0.15) is 0 Å². The molecule has 2 heterocycles. The number of amides is 1. The van der Waals surface area contributed by atoms with Crippen molar-refractivity contribution in [3.8, 4) is 0 Å². The summed E-state index contributed by atoms with van der Waals surface area (Å²) in [5.41, 5.74) is 6.04. The summed E-state index contributed by atoms with van der Waals surface area (Å²) in [6, 6.07) is 0. The van der Waals surface area contributed by atoms with Crippen LogP contribution in [0.2, 0.25) is 0 Å². The highest BCUT2D eigenvalue weighted by Gasteiger charge is 2.84. The summed E-state index contributed by atoms with van der Waals surface area (Å²) in [5.74, 6) is 2.77. The molecule has 0 bridgehead atoms. The van der Waals surface area contributed by atoms with Gasteiger partial charge in [-0.1, -0.05) is 87.0 Å². The van der Waals surface area contributed by atoms with Crippen LogP contribution in [-0.2, 0) is 18.9 Å². The molecule has 6 aliphatic carbocycles. The number of nitrogens with two attached hydrogens (primary N) is 1. The van der Waals surface area contributed by atoms with Gasteiger partial charge in [-0.15, -0.1) is 0 Å². The van der Waals surface area contributed by atoms with Gasteiger partial charge in [0, 0.05) is 18.5 Å². The Morgan fingerprint density at radius 3 is 2.38 bits per heavy atom. The van der Waals surface area contributed by atoms with E-state index in [0.29, 0.717) is 28.6 Å². The molecular weight excluding hydrogens is 652 g/mol. The molecule has 296 valence electrons. The van der Waals surface area contributed by atoms with Crippen molar-refractivity contribution in [2.45, 2.75) is 182 Å². The molecule has 2 spiro atoms. The lowest BCUT2D eigenvalue weighted by Gasteiger charge is -2.64. The molecule has 6 saturated carbocycles. The van der Waals surface area contributed by atoms with E-state index in [1.165, 1.54) is 83.6 Å². The van der Waals surface area contributed by atoms with Crippen molar-refractivity contribution in [2.24, 2.45) is 68.3 Å². The summed E-state index contributed by atoms with van der Waals surface area (Å²) in [6.45, 7) is 20.4. The molecular formula is C44H74N2O6. The fourth-order valence-corrected chi connectivity index (χ4v) is 15.7. The maximum absolute atomic E-state index is 12.6. The number of ether oxygens (including phenoxy) is 4. The highest BCUT2D eigenvalue weighted by Crippen LogP contribution is 2.89. The average molecular weight is 727 g/mol. The SMILES string of the molecule is CC(C)C(OC(N)=O)C1CC(C)C2C(O1)C(O)C1(C)C3CCC4C(C)(C)C(OC5CN(CCC6CCCCCC6)CCO5)CCC45CC35CCC21C. The Morgan fingerprint density at radius 2 is 1.67 bits per heavy atom. The standard InChI is InChI=1S/C44H74N2O6/c1-27(2)36(52-39(45)48)30-24-28(3)35-37(50-30)38(47)42(7)32-15-14-31-40(4,5)33(16-18-43(31)26-44(32,43)20-19-41(35,42)6)51-34-25-46(22-23-49-34)21-17-29-12-10-8-9-11-13-29/h27-38,47H,8-26H2,1-7H3,(H2,45,48). The van der Waals surface area contributed by atoms with Crippen LogP contribution in [0.15, 0.2) is 0 Å². The topological polar surface area (TPSA) is 103 Å². The van der Waals surface area contributed by atoms with E-state index in [-0.39, 0.29) is 52.7 Å². The van der Waals surface area contributed by atoms with Crippen LogP contribution in [0.1, 0.15) is 145 Å². The normalized spacial score (nSPS) is 49.4. The molecule has 8 aliphatic rings. The molecule has 14 atom stereocenters. The zero-order valence-corrected chi connectivity index (χ0v) is 33.9. The second-order valence-corrected chi connectivity index (χ2v) is 21.1. The van der Waals surface area contributed by atoms with Crippen LogP contribution in [0.4, 0.5) is 4.79 Å². The van der Waals surface area contributed by atoms with Gasteiger partial charge < -0.3 is 29.8 Å². The Hall–Kier alpha value is -0.930. The van der Waals surface area contributed by atoms with Gasteiger partial charge in [0.2, 0.25) is 0 Å². The van der Waals surface area contributed by atoms with Crippen LogP contribution in [0, 0.1) is 62.6 Å². The van der Waals surface area contributed by atoms with E-state index in [4.69, 9.17) is 24.7 Å². The van der Waals surface area contributed by atoms with Crippen LogP contribution in [-0.4, -0.2) is 79.2 Å². The first kappa shape index (κ1) is 38.0. The first-order chi connectivity index (χ1) is 24.7. The van der Waals surface area contributed by atoms with E-state index < -0.39 is 18.3 Å². The number of nitrogens with zero attached hydrogens (tertiary/aromatic N) is 1. The van der Waals surface area contributed by atoms with Crippen molar-refractivity contribution >= 4 is 6.09 Å². The third kappa shape index (κ3) is 5.70. The zero-order chi connectivity index (χ0) is 36.8. The summed E-state index contributed by atoms with van der Waals surface area (Å²) >= 11 is 0. The fourth-order valence-electron chi connectivity index (χ4n) is 15.7. The number of hydrogen-bond donors (Lipinski definition) is 2. The van der Waals surface area contributed by atoms with E-state index in [2.05, 4.69) is 53.4 Å². The predicted molar refractivity (Wildman–Crippen MR) is 202 cm³/mol. The molecule has 8 heteroatoms. The maximum Gasteiger partial charge on any atom is 0.404 e. The molecule has 8 fully saturated rings. The molecule has 0 aromatic carbocycles. The zero-order valence-electron chi connectivity index (χ0n) is 33.9. The quantitative estimate of drug-likeness (QED) is 0.243. The van der Waals surface area contributed by atoms with Crippen LogP contribution in [0.3, 0.4) is 0 Å². The van der Waals surface area contributed by atoms with E-state index in [1.807, 2.05) is 0 Å². The lowest BCUT2D eigenvalue weighted by molar-refractivity contribution is -0.249. The first-order valence-electron chi connectivity index (χ1n) is 22.0. The first-order valence-corrected chi connectivity index (χ1v) is 22.0. The minimum Gasteiger partial charge on any atom is -0.443 e. The molecule has 0 aromatic rings. The van der Waals surface area contributed by atoms with Gasteiger partial charge in [0.25, 0.3) is 0 Å². The third-order valence-electron chi connectivity index (χ3n) is 18.3. The van der Waals surface area contributed by atoms with Crippen molar-refractivity contribution in [1.29, 1.82) is 0 Å². The number of carbonyl (C=O) groups is 1. The molecule has 8 nitrogen and oxygen atoms in total. The van der Waals surface area contributed by atoms with E-state index in [1.54, 1.807) is 0 Å². The van der Waals surface area contributed by atoms with Gasteiger partial charge >= 0.3 is 6.09 Å². The maximum atomic E-state index is 12.6. The van der Waals surface area contributed by atoms with Crippen LogP contribution in [0.25, 0.3) is 0 Å². The molecule has 2 saturated heterocycles. The van der Waals surface area contributed by atoms with Gasteiger partial charge in [0.15, 0.2) is 6.29 Å². The van der Waals surface area contributed by atoms with Gasteiger partial charge in [-0.05, 0) is 121 Å². The Bertz CT molecular complexity index is 1320. The van der Waals surface area contributed by atoms with E-state index in [9.17, 15) is 9.90 Å². The number of primary amides is 1. The van der Waals surface area contributed by atoms with Crippen molar-refractivity contribution in [2.75, 3.05) is 26.2 Å². The number of aliphatic hydroxyl groups excluding tert-OH is 1. The minimum atomic E-state index is -0.745. The Morgan fingerprint density at radius 1 is 0.962 bits per heavy atom. The van der Waals surface area contributed by atoms with Crippen molar-refractivity contribution in [3.05, 3.63) is 0 Å². The van der Waals surface area contributed by atoms with E-state index >= 15 is 0 Å². The van der Waals surface area contributed by atoms with Gasteiger partial charge in [0.05, 0.1) is 31.0 Å². The average Bonchev–Trinajstić information content (AvgIpc) is 3.80. The largest absolute Gasteiger partial charge is 0.443 e. The minimum absolute atomic E-state index is 0.00209. The Kier molecular flexibility index (Phi) is 9.95. The molecule has 0 radical (unpaired) electrons. The molecule has 0 aromatic heterocycles. The van der Waals surface area contributed by atoms with Gasteiger partial charge in [0.1, 0.15) is 6.10 Å². The lowest BCUT2D eigenvalue weighted by Crippen LogP contribution is -2.60. The van der Waals surface area contributed by atoms with Crippen molar-refractivity contribution in [1.82, 2.24) is 4.90 Å². The second-order valence-electron chi connectivity index (χ2n) is 21.1. The predicted octanol–water partition coefficient (Wildman–Crippen LogP) is 8.32. The van der Waals surface area contributed by atoms with E-state index in [0.717, 1.165) is 44.9 Å². The number of fused-ring (bicyclic) bond motifs is 4. The number of carbonyl (C=O) groups excluding carboxylic acids is 1. The fraction of sp³-hybridized carbons (Fsp3) is 0.977. The summed E-state index contributed by atoms with van der Waals surface area (Å²) in [5, 5.41) is 12.6. The smallest absolute Gasteiger partial charge is 0.404 e. The third-order valence-corrected chi connectivity index (χ3v) is 18.3. The van der Waals surface area contributed by atoms with Crippen molar-refractivity contribution < 1.29 is 28.8 Å².